The first-order valence-electron chi connectivity index (χ1n) is 18.8. The van der Waals surface area contributed by atoms with Crippen LogP contribution < -0.4 is 15.1 Å². The molecule has 3 fully saturated rings. The Labute approximate surface area is 295 Å². The van der Waals surface area contributed by atoms with Gasteiger partial charge in [-0.3, -0.25) is 24.6 Å². The number of rotatable bonds is 7. The molecule has 4 aliphatic heterocycles. The van der Waals surface area contributed by atoms with E-state index in [2.05, 4.69) is 63.3 Å². The predicted molar refractivity (Wildman–Crippen MR) is 195 cm³/mol. The summed E-state index contributed by atoms with van der Waals surface area (Å²) in [6.45, 7) is 10.0. The molecule has 0 spiro atoms. The van der Waals surface area contributed by atoms with Gasteiger partial charge in [-0.15, -0.1) is 0 Å². The van der Waals surface area contributed by atoms with Crippen LogP contribution >= 0.6 is 0 Å². The Morgan fingerprint density at radius 1 is 0.760 bits per heavy atom. The third-order valence-corrected chi connectivity index (χ3v) is 12.2. The molecule has 262 valence electrons. The lowest BCUT2D eigenvalue weighted by atomic mass is 9.71. The molecule has 0 bridgehead atoms. The molecule has 2 N–H and O–H groups in total. The van der Waals surface area contributed by atoms with Crippen molar-refractivity contribution in [3.63, 3.8) is 0 Å². The van der Waals surface area contributed by atoms with Gasteiger partial charge in [0.15, 0.2) is 0 Å². The summed E-state index contributed by atoms with van der Waals surface area (Å²) in [7, 11) is 0. The summed E-state index contributed by atoms with van der Waals surface area (Å²) in [4.78, 5) is 46.4. The van der Waals surface area contributed by atoms with E-state index in [0.29, 0.717) is 42.0 Å². The van der Waals surface area contributed by atoms with Crippen LogP contribution in [0.1, 0.15) is 84.0 Å². The summed E-state index contributed by atoms with van der Waals surface area (Å²) in [5, 5.41) is 12.4. The van der Waals surface area contributed by atoms with Gasteiger partial charge in [-0.25, -0.2) is 0 Å². The van der Waals surface area contributed by atoms with E-state index in [1.807, 2.05) is 24.3 Å². The normalized spacial score (nSPS) is 24.7. The highest BCUT2D eigenvalue weighted by Crippen LogP contribution is 2.44. The molecule has 3 amide bonds. The molecule has 9 heteroatoms. The van der Waals surface area contributed by atoms with Gasteiger partial charge < -0.3 is 19.8 Å². The van der Waals surface area contributed by atoms with Gasteiger partial charge in [-0.05, 0) is 109 Å². The standard InChI is InChI=1S/C41H49N5O4/c1-2-28-3-4-30-24-34(47)10-12-35(30)39(28)29-5-7-32(8-6-29)44-17-15-27(16-18-44)25-43-19-21-45(22-20-43)33-9-11-36-31(23-33)26-46(41(36)50)37-13-14-38(48)42-40(37)49/h5-12,23-24,27-28,37,39,47H,2-4,13-22,25-26H2,1H3,(H,42,48,49)/t28-,37+,39+/m0/s1. The third-order valence-electron chi connectivity index (χ3n) is 12.2. The van der Waals surface area contributed by atoms with Crippen molar-refractivity contribution >= 4 is 29.1 Å². The monoisotopic (exact) mass is 675 g/mol. The van der Waals surface area contributed by atoms with Crippen LogP contribution in [0.2, 0.25) is 0 Å². The van der Waals surface area contributed by atoms with Crippen LogP contribution in [0.3, 0.4) is 0 Å². The van der Waals surface area contributed by atoms with Crippen molar-refractivity contribution in [1.82, 2.24) is 15.1 Å². The molecule has 0 unspecified atom stereocenters. The minimum atomic E-state index is -0.580. The van der Waals surface area contributed by atoms with E-state index >= 15 is 0 Å². The maximum atomic E-state index is 13.1. The molecule has 1 aliphatic carbocycles. The molecular weight excluding hydrogens is 626 g/mol. The van der Waals surface area contributed by atoms with Crippen molar-refractivity contribution in [2.24, 2.45) is 11.8 Å². The smallest absolute Gasteiger partial charge is 0.255 e. The molecule has 5 aliphatic rings. The second-order valence-corrected chi connectivity index (χ2v) is 15.1. The highest BCUT2D eigenvalue weighted by molar-refractivity contribution is 6.05. The third kappa shape index (κ3) is 6.36. The zero-order valence-electron chi connectivity index (χ0n) is 29.2. The van der Waals surface area contributed by atoms with Crippen LogP contribution in [0.5, 0.6) is 5.75 Å². The number of fused-ring (bicyclic) bond motifs is 2. The topological polar surface area (TPSA) is 96.4 Å². The Hall–Kier alpha value is -4.37. The van der Waals surface area contributed by atoms with E-state index in [0.717, 1.165) is 63.5 Å². The summed E-state index contributed by atoms with van der Waals surface area (Å²) < 4.78 is 0. The molecule has 3 atom stereocenters. The van der Waals surface area contributed by atoms with Gasteiger partial charge in [0.2, 0.25) is 11.8 Å². The first-order chi connectivity index (χ1) is 24.3. The minimum absolute atomic E-state index is 0.118. The maximum Gasteiger partial charge on any atom is 0.255 e. The van der Waals surface area contributed by atoms with Gasteiger partial charge in [-0.2, -0.15) is 0 Å². The number of phenolic OH excluding ortho intramolecular Hbond substituents is 1. The molecule has 9 nitrogen and oxygen atoms in total. The zero-order valence-corrected chi connectivity index (χ0v) is 29.2. The van der Waals surface area contributed by atoms with Crippen LogP contribution in [-0.4, -0.2) is 84.5 Å². The van der Waals surface area contributed by atoms with Gasteiger partial charge in [0.1, 0.15) is 11.8 Å². The highest BCUT2D eigenvalue weighted by Gasteiger charge is 2.39. The summed E-state index contributed by atoms with van der Waals surface area (Å²) in [6.07, 6.45) is 6.46. The number of aromatic hydroxyl groups is 1. The lowest BCUT2D eigenvalue weighted by Gasteiger charge is -2.40. The number of carbonyl (C=O) groups is 3. The summed E-state index contributed by atoms with van der Waals surface area (Å²) >= 11 is 0. The van der Waals surface area contributed by atoms with Crippen molar-refractivity contribution < 1.29 is 19.5 Å². The number of amides is 3. The minimum Gasteiger partial charge on any atom is -0.508 e. The second kappa shape index (κ2) is 13.7. The summed E-state index contributed by atoms with van der Waals surface area (Å²) in [6, 6.07) is 20.8. The van der Waals surface area contributed by atoms with Crippen LogP contribution in [0.25, 0.3) is 0 Å². The lowest BCUT2D eigenvalue weighted by molar-refractivity contribution is -0.136. The van der Waals surface area contributed by atoms with Crippen LogP contribution in [-0.2, 0) is 22.6 Å². The first-order valence-corrected chi connectivity index (χ1v) is 18.8. The number of phenols is 1. The number of nitrogens with one attached hydrogen (secondary N) is 1. The van der Waals surface area contributed by atoms with Gasteiger partial charge >= 0.3 is 0 Å². The molecule has 0 radical (unpaired) electrons. The molecule has 3 saturated heterocycles. The average Bonchev–Trinajstić information content (AvgIpc) is 3.46. The predicted octanol–water partition coefficient (Wildman–Crippen LogP) is 5.30. The highest BCUT2D eigenvalue weighted by atomic mass is 16.3. The van der Waals surface area contributed by atoms with E-state index in [-0.39, 0.29) is 24.1 Å². The molecular formula is C41H49N5O4. The zero-order chi connectivity index (χ0) is 34.4. The van der Waals surface area contributed by atoms with Gasteiger partial charge in [-0.1, -0.05) is 31.5 Å². The molecule has 4 heterocycles. The lowest BCUT2D eigenvalue weighted by Crippen LogP contribution is -2.52. The SMILES string of the molecule is CC[C@H]1CCc2cc(O)ccc2[C@H]1c1ccc(N2CCC(CN3CCN(c4ccc5c(c4)CN([C@@H]4CCC(=O)NC4=O)C5=O)CC3)CC2)cc1. The first kappa shape index (κ1) is 32.8. The van der Waals surface area contributed by atoms with Crippen molar-refractivity contribution in [2.45, 2.75) is 70.4 Å². The van der Waals surface area contributed by atoms with E-state index < -0.39 is 6.04 Å². The number of piperazine rings is 1. The fourth-order valence-corrected chi connectivity index (χ4v) is 9.34. The number of benzene rings is 3. The Morgan fingerprint density at radius 2 is 1.50 bits per heavy atom. The van der Waals surface area contributed by atoms with E-state index in [4.69, 9.17) is 0 Å². The number of carbonyl (C=O) groups excluding carboxylic acids is 3. The van der Waals surface area contributed by atoms with Crippen LogP contribution in [0.4, 0.5) is 11.4 Å². The average molecular weight is 676 g/mol. The van der Waals surface area contributed by atoms with Gasteiger partial charge in [0, 0.05) is 81.6 Å². The molecule has 0 saturated carbocycles. The number of anilines is 2. The Morgan fingerprint density at radius 3 is 2.24 bits per heavy atom. The Balaban J connectivity index is 0.820. The van der Waals surface area contributed by atoms with Crippen LogP contribution in [0.15, 0.2) is 60.7 Å². The maximum absolute atomic E-state index is 13.1. The van der Waals surface area contributed by atoms with E-state index in [1.165, 1.54) is 48.1 Å². The van der Waals surface area contributed by atoms with E-state index in [1.54, 1.807) is 4.90 Å². The fourth-order valence-electron chi connectivity index (χ4n) is 9.34. The largest absolute Gasteiger partial charge is 0.508 e. The van der Waals surface area contributed by atoms with Crippen molar-refractivity contribution in [3.8, 4) is 5.75 Å². The number of piperidine rings is 2. The van der Waals surface area contributed by atoms with E-state index in [9.17, 15) is 19.5 Å². The number of hydrogen-bond acceptors (Lipinski definition) is 7. The number of nitrogens with zero attached hydrogens (tertiary/aromatic N) is 4. The summed E-state index contributed by atoms with van der Waals surface area (Å²) in [5.74, 6) is 1.36. The molecule has 3 aromatic rings. The molecule has 3 aromatic carbocycles. The number of hydrogen-bond donors (Lipinski definition) is 2. The number of imide groups is 1. The van der Waals surface area contributed by atoms with Gasteiger partial charge in [0.05, 0.1) is 0 Å². The quantitative estimate of drug-likeness (QED) is 0.329. The van der Waals surface area contributed by atoms with Gasteiger partial charge in [0.25, 0.3) is 5.91 Å². The fraction of sp³-hybridized carbons (Fsp3) is 0.488. The second-order valence-electron chi connectivity index (χ2n) is 15.1. The molecule has 50 heavy (non-hydrogen) atoms. The Kier molecular flexibility index (Phi) is 9.02. The molecule has 0 aromatic heterocycles. The van der Waals surface area contributed by atoms with Crippen molar-refractivity contribution in [1.29, 1.82) is 0 Å². The van der Waals surface area contributed by atoms with Crippen LogP contribution in [0, 0.1) is 11.8 Å². The number of aryl methyl sites for hydroxylation is 1. The van der Waals surface area contributed by atoms with Crippen molar-refractivity contribution in [3.05, 3.63) is 88.5 Å². The Bertz CT molecular complexity index is 1760. The van der Waals surface area contributed by atoms with Crippen molar-refractivity contribution in [2.75, 3.05) is 55.6 Å². The molecule has 8 rings (SSSR count). The summed E-state index contributed by atoms with van der Waals surface area (Å²) in [5.41, 5.74) is 8.17.